The summed E-state index contributed by atoms with van der Waals surface area (Å²) in [5.74, 6) is 0. The van der Waals surface area contributed by atoms with Gasteiger partial charge in [-0.25, -0.2) is 0 Å². The van der Waals surface area contributed by atoms with Gasteiger partial charge in [0.25, 0.3) is 0 Å². The van der Waals surface area contributed by atoms with Crippen molar-refractivity contribution in [1.82, 2.24) is 0 Å². The highest BCUT2D eigenvalue weighted by atomic mass is 14.7. The van der Waals surface area contributed by atoms with Crippen LogP contribution in [0, 0.1) is 27.1 Å². The molecule has 142 valence electrons. The third-order valence-corrected chi connectivity index (χ3v) is 10.5. The molecule has 25 heavy (non-hydrogen) atoms. The van der Waals surface area contributed by atoms with E-state index in [-0.39, 0.29) is 27.1 Å². The summed E-state index contributed by atoms with van der Waals surface area (Å²) in [4.78, 5) is 0. The first-order valence-electron chi connectivity index (χ1n) is 10.0. The Balaban J connectivity index is 3.29. The van der Waals surface area contributed by atoms with Crippen molar-refractivity contribution in [1.29, 1.82) is 0 Å². The van der Waals surface area contributed by atoms with Crippen molar-refractivity contribution < 1.29 is 0 Å². The van der Waals surface area contributed by atoms with Gasteiger partial charge in [-0.2, -0.15) is 0 Å². The van der Waals surface area contributed by atoms with Crippen LogP contribution >= 0.6 is 0 Å². The molecule has 0 aliphatic heterocycles. The van der Waals surface area contributed by atoms with Gasteiger partial charge in [0, 0.05) is 5.41 Å². The first-order valence-corrected chi connectivity index (χ1v) is 10.0. The van der Waals surface area contributed by atoms with Gasteiger partial charge in [-0.05, 0) is 70.1 Å². The smallest absolute Gasteiger partial charge is 0.0301 e. The van der Waals surface area contributed by atoms with E-state index < -0.39 is 0 Å². The molecule has 0 heteroatoms. The number of rotatable bonds is 0. The van der Waals surface area contributed by atoms with Crippen molar-refractivity contribution in [2.45, 2.75) is 96.9 Å². The molecule has 0 unspecified atom stereocenters. The predicted molar refractivity (Wildman–Crippen MR) is 113 cm³/mol. The summed E-state index contributed by atoms with van der Waals surface area (Å²) in [5.41, 5.74) is 9.85. The van der Waals surface area contributed by atoms with E-state index in [0.717, 1.165) is 0 Å². The Kier molecular flexibility index (Phi) is 4.22. The molecule has 0 spiro atoms. The van der Waals surface area contributed by atoms with Gasteiger partial charge < -0.3 is 0 Å². The second-order valence-corrected chi connectivity index (χ2v) is 10.9. The lowest BCUT2D eigenvalue weighted by molar-refractivity contribution is -0.0847. The van der Waals surface area contributed by atoms with Crippen molar-refractivity contribution >= 4 is 0 Å². The summed E-state index contributed by atoms with van der Waals surface area (Å²) in [5, 5.41) is 0. The molecule has 0 aromatic heterocycles. The average Bonchev–Trinajstić information content (AvgIpc) is 2.53. The van der Waals surface area contributed by atoms with Gasteiger partial charge in [0.2, 0.25) is 0 Å². The monoisotopic (exact) mass is 342 g/mol. The molecule has 0 nitrogen and oxygen atoms in total. The van der Waals surface area contributed by atoms with Crippen LogP contribution in [-0.2, 0) is 0 Å². The second kappa shape index (κ2) is 5.14. The highest BCUT2D eigenvalue weighted by Crippen LogP contribution is 2.72. The zero-order valence-electron chi connectivity index (χ0n) is 19.5. The van der Waals surface area contributed by atoms with Crippen molar-refractivity contribution in [3.8, 4) is 0 Å². The van der Waals surface area contributed by atoms with E-state index in [1.54, 1.807) is 33.4 Å². The first-order chi connectivity index (χ1) is 10.9. The fourth-order valence-electron chi connectivity index (χ4n) is 6.84. The summed E-state index contributed by atoms with van der Waals surface area (Å²) >= 11 is 0. The lowest BCUT2D eigenvalue weighted by Gasteiger charge is -2.67. The van der Waals surface area contributed by atoms with Crippen LogP contribution in [0.5, 0.6) is 0 Å². The van der Waals surface area contributed by atoms with Gasteiger partial charge in [-0.15, -0.1) is 0 Å². The maximum absolute atomic E-state index is 2.56. The SMILES string of the molecule is C/C1=C(\C)C(C)(C)C2(C)C(C)(C)/C(C)=C(/C)C1(C)/C(C)=C(\C)C2(C)C. The van der Waals surface area contributed by atoms with E-state index in [9.17, 15) is 0 Å². The number of hydrogen-bond acceptors (Lipinski definition) is 0. The van der Waals surface area contributed by atoms with Crippen LogP contribution in [0.4, 0.5) is 0 Å². The lowest BCUT2D eigenvalue weighted by atomic mass is 9.36. The molecule has 0 fully saturated rings. The number of hydrogen-bond donors (Lipinski definition) is 0. The van der Waals surface area contributed by atoms with Crippen LogP contribution in [0.1, 0.15) is 96.9 Å². The van der Waals surface area contributed by atoms with E-state index in [1.807, 2.05) is 0 Å². The van der Waals surface area contributed by atoms with Gasteiger partial charge in [-0.3, -0.25) is 0 Å². The zero-order chi connectivity index (χ0) is 20.0. The van der Waals surface area contributed by atoms with Gasteiger partial charge in [0.1, 0.15) is 0 Å². The minimum absolute atomic E-state index is 0.0197. The minimum Gasteiger partial charge on any atom is -0.0669 e. The first kappa shape index (κ1) is 20.5. The molecule has 0 atom stereocenters. The third-order valence-electron chi connectivity index (χ3n) is 10.5. The molecule has 0 aromatic rings. The Morgan fingerprint density at radius 1 is 0.360 bits per heavy atom. The summed E-state index contributed by atoms with van der Waals surface area (Å²) in [7, 11) is 0. The topological polar surface area (TPSA) is 0 Å². The summed E-state index contributed by atoms with van der Waals surface area (Å²) in [6.45, 7) is 34.4. The molecule has 3 aliphatic carbocycles. The molecule has 3 aliphatic rings. The summed E-state index contributed by atoms with van der Waals surface area (Å²) in [6, 6.07) is 0. The Hall–Kier alpha value is -0.780. The van der Waals surface area contributed by atoms with E-state index in [4.69, 9.17) is 0 Å². The zero-order valence-corrected chi connectivity index (χ0v) is 19.5. The van der Waals surface area contributed by atoms with E-state index >= 15 is 0 Å². The Morgan fingerprint density at radius 3 is 0.760 bits per heavy atom. The van der Waals surface area contributed by atoms with Crippen molar-refractivity contribution in [2.75, 3.05) is 0 Å². The largest absolute Gasteiger partial charge is 0.0669 e. The average molecular weight is 343 g/mol. The van der Waals surface area contributed by atoms with Crippen LogP contribution in [-0.4, -0.2) is 0 Å². The third kappa shape index (κ3) is 1.90. The van der Waals surface area contributed by atoms with Crippen molar-refractivity contribution in [3.05, 3.63) is 33.4 Å². The molecule has 3 rings (SSSR count). The Bertz CT molecular complexity index is 617. The Labute approximate surface area is 157 Å². The van der Waals surface area contributed by atoms with Crippen LogP contribution < -0.4 is 0 Å². The fourth-order valence-corrected chi connectivity index (χ4v) is 6.84. The molecular weight excluding hydrogens is 300 g/mol. The molecule has 0 amide bonds. The summed E-state index contributed by atoms with van der Waals surface area (Å²) in [6.07, 6.45) is 0. The van der Waals surface area contributed by atoms with Gasteiger partial charge >= 0.3 is 0 Å². The van der Waals surface area contributed by atoms with Crippen molar-refractivity contribution in [3.63, 3.8) is 0 Å². The van der Waals surface area contributed by atoms with Gasteiger partial charge in [0.05, 0.1) is 0 Å². The maximum atomic E-state index is 2.56. The van der Waals surface area contributed by atoms with Gasteiger partial charge in [0.15, 0.2) is 0 Å². The van der Waals surface area contributed by atoms with E-state index in [2.05, 4.69) is 96.9 Å². The molecular formula is C25H42. The molecule has 2 bridgehead atoms. The molecule has 0 heterocycles. The van der Waals surface area contributed by atoms with E-state index in [1.165, 1.54) is 0 Å². The standard InChI is InChI=1S/C25H42/c1-15-18(4)24(13)19(5)16(2)22(9,10)25(14,21(15,7)8)23(11,12)17(3)20(24)6/h1-14H3/b18-15-,19-16-,20-17+. The van der Waals surface area contributed by atoms with Gasteiger partial charge in [-0.1, -0.05) is 81.9 Å². The normalized spacial score (nSPS) is 45.8. The molecule has 0 N–H and O–H groups in total. The highest BCUT2D eigenvalue weighted by Gasteiger charge is 2.64. The van der Waals surface area contributed by atoms with Crippen molar-refractivity contribution in [2.24, 2.45) is 27.1 Å². The van der Waals surface area contributed by atoms with Crippen LogP contribution in [0.15, 0.2) is 33.4 Å². The molecule has 0 saturated heterocycles. The summed E-state index contributed by atoms with van der Waals surface area (Å²) < 4.78 is 0. The lowest BCUT2D eigenvalue weighted by Crippen LogP contribution is -2.60. The molecule has 0 aromatic carbocycles. The highest BCUT2D eigenvalue weighted by molar-refractivity contribution is 5.52. The second-order valence-electron chi connectivity index (χ2n) is 10.9. The number of fused-ring (bicyclic) bond motifs is 3. The fraction of sp³-hybridized carbons (Fsp3) is 0.760. The molecule has 0 saturated carbocycles. The quantitative estimate of drug-likeness (QED) is 0.390. The predicted octanol–water partition coefficient (Wildman–Crippen LogP) is 8.11. The van der Waals surface area contributed by atoms with Crippen LogP contribution in [0.2, 0.25) is 0 Å². The number of allylic oxidation sites excluding steroid dienone is 6. The Morgan fingerprint density at radius 2 is 0.560 bits per heavy atom. The van der Waals surface area contributed by atoms with Crippen LogP contribution in [0.25, 0.3) is 0 Å². The molecule has 0 radical (unpaired) electrons. The maximum Gasteiger partial charge on any atom is 0.0301 e. The minimum atomic E-state index is 0.0197. The van der Waals surface area contributed by atoms with Crippen LogP contribution in [0.3, 0.4) is 0 Å². The van der Waals surface area contributed by atoms with E-state index in [0.29, 0.717) is 0 Å².